The van der Waals surface area contributed by atoms with Crippen molar-refractivity contribution in [1.29, 1.82) is 0 Å². The monoisotopic (exact) mass is 296 g/mol. The fraction of sp³-hybridized carbons (Fsp3) is 0.600. The number of benzene rings is 1. The van der Waals surface area contributed by atoms with Gasteiger partial charge in [-0.15, -0.1) is 0 Å². The lowest BCUT2D eigenvalue weighted by molar-refractivity contribution is -0.00461. The number of aliphatic hydroxyl groups is 1. The third kappa shape index (κ3) is 4.57. The minimum atomic E-state index is -0.560. The SMILES string of the molecule is COC1CN(CC(O)COc2ccc(N)cc2)CC1OC. The first-order valence-corrected chi connectivity index (χ1v) is 7.06. The highest BCUT2D eigenvalue weighted by molar-refractivity contribution is 5.41. The number of nitrogens with zero attached hydrogens (tertiary/aromatic N) is 1. The van der Waals surface area contributed by atoms with E-state index < -0.39 is 6.10 Å². The van der Waals surface area contributed by atoms with Crippen molar-refractivity contribution in [3.8, 4) is 5.75 Å². The van der Waals surface area contributed by atoms with Crippen molar-refractivity contribution in [2.45, 2.75) is 18.3 Å². The fourth-order valence-electron chi connectivity index (χ4n) is 2.53. The second-order valence-corrected chi connectivity index (χ2v) is 5.30. The highest BCUT2D eigenvalue weighted by Crippen LogP contribution is 2.17. The van der Waals surface area contributed by atoms with Crippen molar-refractivity contribution in [2.75, 3.05) is 46.2 Å². The molecule has 3 N–H and O–H groups in total. The number of ether oxygens (including phenoxy) is 3. The molecule has 0 bridgehead atoms. The highest BCUT2D eigenvalue weighted by Gasteiger charge is 2.33. The summed E-state index contributed by atoms with van der Waals surface area (Å²) in [5, 5.41) is 10.1. The molecule has 0 saturated carbocycles. The Morgan fingerprint density at radius 1 is 1.19 bits per heavy atom. The van der Waals surface area contributed by atoms with Gasteiger partial charge in [-0.3, -0.25) is 4.90 Å². The number of nitrogen functional groups attached to an aromatic ring is 1. The van der Waals surface area contributed by atoms with E-state index >= 15 is 0 Å². The average Bonchev–Trinajstić information content (AvgIpc) is 2.88. The summed E-state index contributed by atoms with van der Waals surface area (Å²) < 4.78 is 16.3. The van der Waals surface area contributed by atoms with Gasteiger partial charge in [-0.25, -0.2) is 0 Å². The second kappa shape index (κ2) is 7.61. The summed E-state index contributed by atoms with van der Waals surface area (Å²) in [5.41, 5.74) is 6.30. The van der Waals surface area contributed by atoms with Gasteiger partial charge in [0.2, 0.25) is 0 Å². The summed E-state index contributed by atoms with van der Waals surface area (Å²) in [7, 11) is 3.36. The zero-order valence-electron chi connectivity index (χ0n) is 12.6. The van der Waals surface area contributed by atoms with Crippen LogP contribution in [0.25, 0.3) is 0 Å². The summed E-state index contributed by atoms with van der Waals surface area (Å²) >= 11 is 0. The Morgan fingerprint density at radius 2 is 1.76 bits per heavy atom. The number of rotatable bonds is 7. The summed E-state index contributed by atoms with van der Waals surface area (Å²) in [6.45, 7) is 2.30. The Hall–Kier alpha value is -1.34. The molecule has 21 heavy (non-hydrogen) atoms. The van der Waals surface area contributed by atoms with Crippen molar-refractivity contribution in [3.05, 3.63) is 24.3 Å². The summed E-state index contributed by atoms with van der Waals surface area (Å²) in [6, 6.07) is 7.13. The van der Waals surface area contributed by atoms with E-state index in [0.29, 0.717) is 18.0 Å². The fourth-order valence-corrected chi connectivity index (χ4v) is 2.53. The van der Waals surface area contributed by atoms with Crippen molar-refractivity contribution < 1.29 is 19.3 Å². The van der Waals surface area contributed by atoms with E-state index in [4.69, 9.17) is 19.9 Å². The van der Waals surface area contributed by atoms with Crippen LogP contribution < -0.4 is 10.5 Å². The van der Waals surface area contributed by atoms with Crippen molar-refractivity contribution >= 4 is 5.69 Å². The van der Waals surface area contributed by atoms with Gasteiger partial charge in [0.1, 0.15) is 18.5 Å². The molecule has 0 radical (unpaired) electrons. The predicted octanol–water partition coefficient (Wildman–Crippen LogP) is 0.354. The van der Waals surface area contributed by atoms with Crippen LogP contribution in [0.2, 0.25) is 0 Å². The number of anilines is 1. The van der Waals surface area contributed by atoms with Crippen LogP contribution >= 0.6 is 0 Å². The van der Waals surface area contributed by atoms with Crippen LogP contribution in [0.1, 0.15) is 0 Å². The van der Waals surface area contributed by atoms with Crippen LogP contribution in [0.5, 0.6) is 5.75 Å². The molecule has 0 aromatic heterocycles. The molecule has 1 aromatic carbocycles. The zero-order valence-corrected chi connectivity index (χ0v) is 12.6. The van der Waals surface area contributed by atoms with Crippen LogP contribution in [0, 0.1) is 0 Å². The maximum Gasteiger partial charge on any atom is 0.119 e. The lowest BCUT2D eigenvalue weighted by Gasteiger charge is -2.20. The molecule has 6 nitrogen and oxygen atoms in total. The Labute approximate surface area is 125 Å². The van der Waals surface area contributed by atoms with E-state index in [-0.39, 0.29) is 18.8 Å². The molecule has 118 valence electrons. The summed E-state index contributed by atoms with van der Waals surface area (Å²) in [5.74, 6) is 0.703. The quantitative estimate of drug-likeness (QED) is 0.707. The number of nitrogens with two attached hydrogens (primary N) is 1. The predicted molar refractivity (Wildman–Crippen MR) is 80.4 cm³/mol. The molecule has 0 spiro atoms. The third-order valence-corrected chi connectivity index (χ3v) is 3.69. The molecule has 2 rings (SSSR count). The van der Waals surface area contributed by atoms with Gasteiger partial charge in [0, 0.05) is 39.5 Å². The van der Waals surface area contributed by atoms with Gasteiger partial charge in [-0.05, 0) is 24.3 Å². The molecule has 3 atom stereocenters. The Balaban J connectivity index is 1.74. The minimum Gasteiger partial charge on any atom is -0.491 e. The molecule has 1 aliphatic rings. The maximum atomic E-state index is 10.1. The van der Waals surface area contributed by atoms with Gasteiger partial charge in [0.25, 0.3) is 0 Å². The Morgan fingerprint density at radius 3 is 2.29 bits per heavy atom. The number of aliphatic hydroxyl groups excluding tert-OH is 1. The third-order valence-electron chi connectivity index (χ3n) is 3.69. The molecule has 6 heteroatoms. The van der Waals surface area contributed by atoms with Crippen LogP contribution in [0.4, 0.5) is 5.69 Å². The largest absolute Gasteiger partial charge is 0.491 e. The standard InChI is InChI=1S/C15H24N2O4/c1-19-14-8-17(9-15(14)20-2)7-12(18)10-21-13-5-3-11(16)4-6-13/h3-6,12,14-15,18H,7-10,16H2,1-2H3. The van der Waals surface area contributed by atoms with E-state index in [1.165, 1.54) is 0 Å². The van der Waals surface area contributed by atoms with Crippen LogP contribution in [-0.4, -0.2) is 68.8 Å². The van der Waals surface area contributed by atoms with Gasteiger partial charge >= 0.3 is 0 Å². The first-order valence-electron chi connectivity index (χ1n) is 7.06. The average molecular weight is 296 g/mol. The van der Waals surface area contributed by atoms with Gasteiger partial charge in [-0.1, -0.05) is 0 Å². The van der Waals surface area contributed by atoms with Crippen LogP contribution in [0.3, 0.4) is 0 Å². The van der Waals surface area contributed by atoms with E-state index in [1.54, 1.807) is 38.5 Å². The zero-order chi connectivity index (χ0) is 15.2. The molecule has 3 unspecified atom stereocenters. The number of likely N-dealkylation sites (tertiary alicyclic amines) is 1. The first kappa shape index (κ1) is 16.0. The molecule has 1 fully saturated rings. The lowest BCUT2D eigenvalue weighted by atomic mass is 10.3. The molecule has 0 aliphatic carbocycles. The van der Waals surface area contributed by atoms with Gasteiger partial charge in [0.15, 0.2) is 0 Å². The molecule has 1 aliphatic heterocycles. The second-order valence-electron chi connectivity index (χ2n) is 5.30. The van der Waals surface area contributed by atoms with Gasteiger partial charge in [0.05, 0.1) is 12.2 Å². The van der Waals surface area contributed by atoms with E-state index in [9.17, 15) is 5.11 Å². The van der Waals surface area contributed by atoms with E-state index in [2.05, 4.69) is 4.90 Å². The highest BCUT2D eigenvalue weighted by atomic mass is 16.5. The molecule has 1 heterocycles. The lowest BCUT2D eigenvalue weighted by Crippen LogP contribution is -2.35. The van der Waals surface area contributed by atoms with Crippen molar-refractivity contribution in [3.63, 3.8) is 0 Å². The Kier molecular flexibility index (Phi) is 5.81. The molecule has 1 saturated heterocycles. The minimum absolute atomic E-state index is 0.0558. The topological polar surface area (TPSA) is 77.2 Å². The van der Waals surface area contributed by atoms with Crippen molar-refractivity contribution in [1.82, 2.24) is 4.90 Å². The van der Waals surface area contributed by atoms with Gasteiger partial charge < -0.3 is 25.1 Å². The number of hydrogen-bond acceptors (Lipinski definition) is 6. The molecular formula is C15H24N2O4. The number of β-amino-alcohol motifs (C(OH)–C–C–N with tert-alkyl or cyclic N) is 1. The van der Waals surface area contributed by atoms with Crippen LogP contribution in [-0.2, 0) is 9.47 Å². The van der Waals surface area contributed by atoms with Crippen LogP contribution in [0.15, 0.2) is 24.3 Å². The normalized spacial score (nSPS) is 24.1. The molecule has 0 amide bonds. The number of hydrogen-bond donors (Lipinski definition) is 2. The Bertz CT molecular complexity index is 414. The number of methoxy groups -OCH3 is 2. The van der Waals surface area contributed by atoms with Gasteiger partial charge in [-0.2, -0.15) is 0 Å². The first-order chi connectivity index (χ1) is 10.1. The van der Waals surface area contributed by atoms with Crippen molar-refractivity contribution in [2.24, 2.45) is 0 Å². The maximum absolute atomic E-state index is 10.1. The smallest absolute Gasteiger partial charge is 0.119 e. The molecule has 1 aromatic rings. The van der Waals surface area contributed by atoms with E-state index in [1.807, 2.05) is 0 Å². The summed E-state index contributed by atoms with van der Waals surface area (Å²) in [6.07, 6.45) is -0.448. The molecular weight excluding hydrogens is 272 g/mol. The summed E-state index contributed by atoms with van der Waals surface area (Å²) in [4.78, 5) is 2.12. The van der Waals surface area contributed by atoms with E-state index in [0.717, 1.165) is 13.1 Å².